The van der Waals surface area contributed by atoms with Crippen molar-refractivity contribution in [2.75, 3.05) is 0 Å². The minimum atomic E-state index is -4.60. The van der Waals surface area contributed by atoms with Crippen LogP contribution in [0, 0.1) is 0 Å². The molecule has 0 spiro atoms. The SMILES string of the molecule is NC(=S)c1ccc(C(F)(F)F)nc1Oc1cccc(Cl)c1. The number of halogens is 4. The maximum Gasteiger partial charge on any atom is 0.433 e. The van der Waals surface area contributed by atoms with Crippen molar-refractivity contribution in [2.24, 2.45) is 5.73 Å². The normalized spacial score (nSPS) is 11.2. The Balaban J connectivity index is 2.46. The maximum atomic E-state index is 12.7. The topological polar surface area (TPSA) is 48.1 Å². The summed E-state index contributed by atoms with van der Waals surface area (Å²) in [5.41, 5.74) is 4.47. The second kappa shape index (κ2) is 5.87. The number of nitrogens with zero attached hydrogens (tertiary/aromatic N) is 1. The second-order valence-corrected chi connectivity index (χ2v) is 4.85. The zero-order chi connectivity index (χ0) is 15.6. The van der Waals surface area contributed by atoms with Crippen molar-refractivity contribution in [3.8, 4) is 11.6 Å². The van der Waals surface area contributed by atoms with E-state index in [0.717, 1.165) is 12.1 Å². The monoisotopic (exact) mass is 332 g/mol. The molecule has 0 aliphatic carbocycles. The van der Waals surface area contributed by atoms with Crippen LogP contribution < -0.4 is 10.5 Å². The molecule has 0 radical (unpaired) electrons. The molecule has 1 aromatic carbocycles. The van der Waals surface area contributed by atoms with Gasteiger partial charge in [0.15, 0.2) is 0 Å². The molecule has 3 nitrogen and oxygen atoms in total. The van der Waals surface area contributed by atoms with E-state index in [1.807, 2.05) is 0 Å². The third kappa shape index (κ3) is 3.83. The van der Waals surface area contributed by atoms with E-state index in [2.05, 4.69) is 4.98 Å². The van der Waals surface area contributed by atoms with Crippen LogP contribution in [0.3, 0.4) is 0 Å². The van der Waals surface area contributed by atoms with Crippen LogP contribution in [-0.4, -0.2) is 9.97 Å². The molecular formula is C13H8ClF3N2OS. The Bertz CT molecular complexity index is 691. The third-order valence-corrected chi connectivity index (χ3v) is 2.88. The Hall–Kier alpha value is -1.86. The van der Waals surface area contributed by atoms with Gasteiger partial charge in [0, 0.05) is 5.02 Å². The Labute approximate surface area is 128 Å². The number of pyridine rings is 1. The Morgan fingerprint density at radius 2 is 1.95 bits per heavy atom. The van der Waals surface area contributed by atoms with Crippen molar-refractivity contribution in [2.45, 2.75) is 6.18 Å². The lowest BCUT2D eigenvalue weighted by Gasteiger charge is -2.12. The standard InChI is InChI=1S/C13H8ClF3N2OS/c14-7-2-1-3-8(6-7)20-12-9(11(18)21)4-5-10(19-12)13(15,16)17/h1-6H,(H2,18,21). The van der Waals surface area contributed by atoms with Gasteiger partial charge in [0.1, 0.15) is 16.4 Å². The number of aromatic nitrogens is 1. The summed E-state index contributed by atoms with van der Waals surface area (Å²) in [5, 5.41) is 0.372. The van der Waals surface area contributed by atoms with Crippen molar-refractivity contribution in [1.29, 1.82) is 0 Å². The highest BCUT2D eigenvalue weighted by Gasteiger charge is 2.33. The molecule has 0 aliphatic rings. The highest BCUT2D eigenvalue weighted by molar-refractivity contribution is 7.80. The minimum absolute atomic E-state index is 0.109. The first-order valence-corrected chi connectivity index (χ1v) is 6.37. The molecule has 0 saturated heterocycles. The number of benzene rings is 1. The van der Waals surface area contributed by atoms with Crippen LogP contribution in [0.2, 0.25) is 5.02 Å². The van der Waals surface area contributed by atoms with Gasteiger partial charge in [0.05, 0.1) is 5.56 Å². The summed E-state index contributed by atoms with van der Waals surface area (Å²) >= 11 is 10.6. The maximum absolute atomic E-state index is 12.7. The van der Waals surface area contributed by atoms with E-state index in [1.165, 1.54) is 12.1 Å². The van der Waals surface area contributed by atoms with Gasteiger partial charge in [-0.1, -0.05) is 29.9 Å². The van der Waals surface area contributed by atoms with E-state index in [4.69, 9.17) is 34.3 Å². The fourth-order valence-electron chi connectivity index (χ4n) is 1.51. The van der Waals surface area contributed by atoms with Gasteiger partial charge < -0.3 is 10.5 Å². The number of nitrogens with two attached hydrogens (primary N) is 1. The molecule has 110 valence electrons. The van der Waals surface area contributed by atoms with Gasteiger partial charge in [-0.3, -0.25) is 0 Å². The minimum Gasteiger partial charge on any atom is -0.438 e. The summed E-state index contributed by atoms with van der Waals surface area (Å²) in [5.74, 6) is -0.0913. The Morgan fingerprint density at radius 3 is 2.52 bits per heavy atom. The lowest BCUT2D eigenvalue weighted by molar-refractivity contribution is -0.141. The first-order valence-electron chi connectivity index (χ1n) is 5.59. The molecule has 8 heteroatoms. The third-order valence-electron chi connectivity index (χ3n) is 2.43. The molecule has 0 bridgehead atoms. The van der Waals surface area contributed by atoms with Gasteiger partial charge >= 0.3 is 6.18 Å². The van der Waals surface area contributed by atoms with Crippen LogP contribution in [0.5, 0.6) is 11.6 Å². The zero-order valence-electron chi connectivity index (χ0n) is 10.3. The number of ether oxygens (including phenoxy) is 1. The molecule has 0 fully saturated rings. The van der Waals surface area contributed by atoms with Crippen molar-refractivity contribution in [1.82, 2.24) is 4.98 Å². The van der Waals surface area contributed by atoms with Gasteiger partial charge in [-0.05, 0) is 30.3 Å². The molecule has 0 atom stereocenters. The fraction of sp³-hybridized carbons (Fsp3) is 0.0769. The number of hydrogen-bond acceptors (Lipinski definition) is 3. The van der Waals surface area contributed by atoms with E-state index < -0.39 is 11.9 Å². The highest BCUT2D eigenvalue weighted by Crippen LogP contribution is 2.32. The smallest absolute Gasteiger partial charge is 0.433 e. The van der Waals surface area contributed by atoms with Gasteiger partial charge in [0.2, 0.25) is 5.88 Å². The average molecular weight is 333 g/mol. The molecular weight excluding hydrogens is 325 g/mol. The van der Waals surface area contributed by atoms with Crippen LogP contribution in [-0.2, 0) is 6.18 Å². The van der Waals surface area contributed by atoms with Crippen molar-refractivity contribution < 1.29 is 17.9 Å². The highest BCUT2D eigenvalue weighted by atomic mass is 35.5. The van der Waals surface area contributed by atoms with Crippen LogP contribution in [0.15, 0.2) is 36.4 Å². The molecule has 0 unspecified atom stereocenters. The Morgan fingerprint density at radius 1 is 1.24 bits per heavy atom. The average Bonchev–Trinajstić information content (AvgIpc) is 2.37. The molecule has 0 aliphatic heterocycles. The predicted molar refractivity (Wildman–Crippen MR) is 76.7 cm³/mol. The van der Waals surface area contributed by atoms with E-state index in [9.17, 15) is 13.2 Å². The summed E-state index contributed by atoms with van der Waals surface area (Å²) in [4.78, 5) is 3.32. The summed E-state index contributed by atoms with van der Waals surface area (Å²) in [6.45, 7) is 0. The molecule has 2 N–H and O–H groups in total. The van der Waals surface area contributed by atoms with Gasteiger partial charge in [0.25, 0.3) is 0 Å². The fourth-order valence-corrected chi connectivity index (χ4v) is 1.84. The molecule has 21 heavy (non-hydrogen) atoms. The first-order chi connectivity index (χ1) is 9.77. The van der Waals surface area contributed by atoms with E-state index in [1.54, 1.807) is 12.1 Å². The van der Waals surface area contributed by atoms with Crippen molar-refractivity contribution >= 4 is 28.8 Å². The molecule has 0 amide bonds. The van der Waals surface area contributed by atoms with Crippen LogP contribution >= 0.6 is 23.8 Å². The quantitative estimate of drug-likeness (QED) is 0.857. The van der Waals surface area contributed by atoms with Crippen LogP contribution in [0.1, 0.15) is 11.3 Å². The number of hydrogen-bond donors (Lipinski definition) is 1. The zero-order valence-corrected chi connectivity index (χ0v) is 11.9. The number of alkyl halides is 3. The van der Waals surface area contributed by atoms with Gasteiger partial charge in [-0.2, -0.15) is 13.2 Å². The predicted octanol–water partition coefficient (Wildman–Crippen LogP) is 4.18. The molecule has 1 aromatic heterocycles. The number of thiocarbonyl (C=S) groups is 1. The van der Waals surface area contributed by atoms with Gasteiger partial charge in [-0.15, -0.1) is 0 Å². The summed E-state index contributed by atoms with van der Waals surface area (Å²) in [6, 6.07) is 8.07. The molecule has 0 saturated carbocycles. The summed E-state index contributed by atoms with van der Waals surface area (Å²) in [6.07, 6.45) is -4.60. The summed E-state index contributed by atoms with van der Waals surface area (Å²) < 4.78 is 43.4. The van der Waals surface area contributed by atoms with Crippen LogP contribution in [0.4, 0.5) is 13.2 Å². The summed E-state index contributed by atoms with van der Waals surface area (Å²) in [7, 11) is 0. The lowest BCUT2D eigenvalue weighted by atomic mass is 10.2. The van der Waals surface area contributed by atoms with E-state index >= 15 is 0 Å². The first kappa shape index (κ1) is 15.5. The van der Waals surface area contributed by atoms with E-state index in [0.29, 0.717) is 5.02 Å². The molecule has 2 rings (SSSR count). The van der Waals surface area contributed by atoms with Crippen molar-refractivity contribution in [3.63, 3.8) is 0 Å². The number of rotatable bonds is 3. The lowest BCUT2D eigenvalue weighted by Crippen LogP contribution is -2.15. The Kier molecular flexibility index (Phi) is 4.34. The van der Waals surface area contributed by atoms with Gasteiger partial charge in [-0.25, -0.2) is 4.98 Å². The van der Waals surface area contributed by atoms with Crippen molar-refractivity contribution in [3.05, 3.63) is 52.7 Å². The molecule has 2 aromatic rings. The largest absolute Gasteiger partial charge is 0.438 e. The molecule has 1 heterocycles. The second-order valence-electron chi connectivity index (χ2n) is 3.97. The van der Waals surface area contributed by atoms with Crippen LogP contribution in [0.25, 0.3) is 0 Å². The van der Waals surface area contributed by atoms with E-state index in [-0.39, 0.29) is 22.2 Å².